The molecule has 0 saturated carbocycles. The van der Waals surface area contributed by atoms with Crippen LogP contribution in [-0.2, 0) is 11.2 Å². The SMILES string of the molecule is C=C/C=C(\C=C)C(O)(CCc1ccccc1OC1CCOCC1)C(C)CC. The second kappa shape index (κ2) is 10.5. The standard InChI is InChI=1S/C24H34O3/c1-5-10-21(7-3)24(25,19(4)6-2)16-13-20-11-8-9-12-23(20)27-22-14-17-26-18-15-22/h5,7-12,19,22,25H,1,3,6,13-18H2,2,4H3/b21-10+. The summed E-state index contributed by atoms with van der Waals surface area (Å²) in [7, 11) is 0. The predicted molar refractivity (Wildman–Crippen MR) is 112 cm³/mol. The summed E-state index contributed by atoms with van der Waals surface area (Å²) in [6.07, 6.45) is 9.62. The summed E-state index contributed by atoms with van der Waals surface area (Å²) in [6, 6.07) is 8.16. The van der Waals surface area contributed by atoms with Crippen LogP contribution < -0.4 is 4.74 Å². The fraction of sp³-hybridized carbons (Fsp3) is 0.500. The van der Waals surface area contributed by atoms with Gasteiger partial charge in [0.25, 0.3) is 0 Å². The van der Waals surface area contributed by atoms with Gasteiger partial charge in [0.1, 0.15) is 11.9 Å². The minimum Gasteiger partial charge on any atom is -0.490 e. The topological polar surface area (TPSA) is 38.7 Å². The first-order valence-electron chi connectivity index (χ1n) is 10.1. The molecule has 1 aliphatic heterocycles. The van der Waals surface area contributed by atoms with E-state index in [9.17, 15) is 5.11 Å². The van der Waals surface area contributed by atoms with Crippen LogP contribution in [0.15, 0.2) is 61.2 Å². The van der Waals surface area contributed by atoms with Gasteiger partial charge in [-0.2, -0.15) is 0 Å². The molecule has 1 aromatic rings. The maximum atomic E-state index is 11.5. The van der Waals surface area contributed by atoms with Gasteiger partial charge in [-0.1, -0.05) is 69.9 Å². The number of ether oxygens (including phenoxy) is 2. The number of aryl methyl sites for hydroxylation is 1. The molecule has 1 heterocycles. The number of benzene rings is 1. The van der Waals surface area contributed by atoms with Crippen molar-refractivity contribution in [1.29, 1.82) is 0 Å². The highest BCUT2D eigenvalue weighted by atomic mass is 16.5. The van der Waals surface area contributed by atoms with Crippen LogP contribution in [0.5, 0.6) is 5.75 Å². The number of para-hydroxylation sites is 1. The Morgan fingerprint density at radius 1 is 1.33 bits per heavy atom. The second-order valence-electron chi connectivity index (χ2n) is 7.33. The van der Waals surface area contributed by atoms with E-state index >= 15 is 0 Å². The Hall–Kier alpha value is -1.84. The molecule has 27 heavy (non-hydrogen) atoms. The van der Waals surface area contributed by atoms with Crippen LogP contribution >= 0.6 is 0 Å². The summed E-state index contributed by atoms with van der Waals surface area (Å²) in [5, 5.41) is 11.5. The largest absolute Gasteiger partial charge is 0.490 e. The van der Waals surface area contributed by atoms with E-state index in [2.05, 4.69) is 33.1 Å². The average Bonchev–Trinajstić information content (AvgIpc) is 2.71. The zero-order chi connectivity index (χ0) is 19.7. The van der Waals surface area contributed by atoms with E-state index < -0.39 is 5.60 Å². The molecule has 2 unspecified atom stereocenters. The van der Waals surface area contributed by atoms with Crippen molar-refractivity contribution in [1.82, 2.24) is 0 Å². The number of hydrogen-bond acceptors (Lipinski definition) is 3. The summed E-state index contributed by atoms with van der Waals surface area (Å²) >= 11 is 0. The van der Waals surface area contributed by atoms with Gasteiger partial charge in [0.05, 0.1) is 18.8 Å². The third-order valence-electron chi connectivity index (χ3n) is 5.65. The third-order valence-corrected chi connectivity index (χ3v) is 5.65. The molecule has 1 fully saturated rings. The van der Waals surface area contributed by atoms with Crippen molar-refractivity contribution in [3.8, 4) is 5.75 Å². The molecule has 148 valence electrons. The van der Waals surface area contributed by atoms with Crippen molar-refractivity contribution in [2.24, 2.45) is 5.92 Å². The van der Waals surface area contributed by atoms with Gasteiger partial charge in [0.15, 0.2) is 0 Å². The van der Waals surface area contributed by atoms with Crippen LogP contribution in [0.25, 0.3) is 0 Å². The third kappa shape index (κ3) is 5.57. The number of hydrogen-bond donors (Lipinski definition) is 1. The molecule has 1 N–H and O–H groups in total. The van der Waals surface area contributed by atoms with Crippen molar-refractivity contribution < 1.29 is 14.6 Å². The summed E-state index contributed by atoms with van der Waals surface area (Å²) in [4.78, 5) is 0. The van der Waals surface area contributed by atoms with E-state index in [1.54, 1.807) is 12.2 Å². The average molecular weight is 371 g/mol. The number of aliphatic hydroxyl groups is 1. The van der Waals surface area contributed by atoms with Crippen LogP contribution in [0.4, 0.5) is 0 Å². The van der Waals surface area contributed by atoms with Gasteiger partial charge in [0, 0.05) is 12.8 Å². The summed E-state index contributed by atoms with van der Waals surface area (Å²) in [5.74, 6) is 1.04. The Morgan fingerprint density at radius 2 is 2.04 bits per heavy atom. The molecule has 0 bridgehead atoms. The van der Waals surface area contributed by atoms with Crippen LogP contribution in [0.3, 0.4) is 0 Å². The van der Waals surface area contributed by atoms with E-state index in [4.69, 9.17) is 9.47 Å². The molecule has 1 saturated heterocycles. The lowest BCUT2D eigenvalue weighted by Crippen LogP contribution is -2.38. The van der Waals surface area contributed by atoms with Gasteiger partial charge in [-0.25, -0.2) is 0 Å². The molecule has 0 amide bonds. The fourth-order valence-electron chi connectivity index (χ4n) is 3.65. The maximum Gasteiger partial charge on any atom is 0.122 e. The van der Waals surface area contributed by atoms with Crippen molar-refractivity contribution in [2.45, 2.75) is 57.7 Å². The molecule has 3 nitrogen and oxygen atoms in total. The fourth-order valence-corrected chi connectivity index (χ4v) is 3.65. The molecule has 3 heteroatoms. The highest BCUT2D eigenvalue weighted by molar-refractivity contribution is 5.36. The molecule has 0 radical (unpaired) electrons. The lowest BCUT2D eigenvalue weighted by Gasteiger charge is -2.35. The Morgan fingerprint density at radius 3 is 2.67 bits per heavy atom. The van der Waals surface area contributed by atoms with E-state index in [0.29, 0.717) is 6.42 Å². The smallest absolute Gasteiger partial charge is 0.122 e. The van der Waals surface area contributed by atoms with E-state index in [1.807, 2.05) is 24.3 Å². The van der Waals surface area contributed by atoms with Gasteiger partial charge >= 0.3 is 0 Å². The van der Waals surface area contributed by atoms with Crippen molar-refractivity contribution >= 4 is 0 Å². The van der Waals surface area contributed by atoms with Gasteiger partial charge in [-0.05, 0) is 36.0 Å². The quantitative estimate of drug-likeness (QED) is 0.572. The number of rotatable bonds is 10. The van der Waals surface area contributed by atoms with E-state index in [-0.39, 0.29) is 12.0 Å². The van der Waals surface area contributed by atoms with Crippen molar-refractivity contribution in [3.05, 3.63) is 66.8 Å². The highest BCUT2D eigenvalue weighted by Gasteiger charge is 2.35. The van der Waals surface area contributed by atoms with Crippen molar-refractivity contribution in [3.63, 3.8) is 0 Å². The van der Waals surface area contributed by atoms with Crippen LogP contribution in [-0.4, -0.2) is 30.0 Å². The monoisotopic (exact) mass is 370 g/mol. The first kappa shape index (κ1) is 21.5. The molecular formula is C24H34O3. The Kier molecular flexibility index (Phi) is 8.33. The minimum absolute atomic E-state index is 0.116. The zero-order valence-corrected chi connectivity index (χ0v) is 16.8. The maximum absolute atomic E-state index is 11.5. The lowest BCUT2D eigenvalue weighted by atomic mass is 9.76. The second-order valence-corrected chi connectivity index (χ2v) is 7.33. The molecule has 0 aliphatic carbocycles. The van der Waals surface area contributed by atoms with Gasteiger partial charge < -0.3 is 14.6 Å². The normalized spacial score (nSPS) is 19.1. The highest BCUT2D eigenvalue weighted by Crippen LogP contribution is 2.35. The molecule has 2 atom stereocenters. The first-order valence-corrected chi connectivity index (χ1v) is 10.1. The van der Waals surface area contributed by atoms with Gasteiger partial charge in [-0.15, -0.1) is 0 Å². The molecule has 1 aromatic carbocycles. The predicted octanol–water partition coefficient (Wildman–Crippen LogP) is 5.25. The molecular weight excluding hydrogens is 336 g/mol. The number of allylic oxidation sites excluding steroid dienone is 2. The van der Waals surface area contributed by atoms with Crippen LogP contribution in [0.1, 0.15) is 45.1 Å². The zero-order valence-electron chi connectivity index (χ0n) is 16.8. The van der Waals surface area contributed by atoms with E-state index in [0.717, 1.165) is 55.8 Å². The molecule has 2 rings (SSSR count). The van der Waals surface area contributed by atoms with Gasteiger partial charge in [0.2, 0.25) is 0 Å². The Bertz CT molecular complexity index is 643. The first-order chi connectivity index (χ1) is 13.0. The lowest BCUT2D eigenvalue weighted by molar-refractivity contribution is 0.0164. The molecule has 0 spiro atoms. The molecule has 1 aliphatic rings. The summed E-state index contributed by atoms with van der Waals surface area (Å²) in [5.41, 5.74) is 1.03. The van der Waals surface area contributed by atoms with Crippen LogP contribution in [0, 0.1) is 5.92 Å². The Balaban J connectivity index is 2.18. The molecule has 0 aromatic heterocycles. The minimum atomic E-state index is -0.934. The Labute approximate surface area is 164 Å². The van der Waals surface area contributed by atoms with Crippen molar-refractivity contribution in [2.75, 3.05) is 13.2 Å². The van der Waals surface area contributed by atoms with Crippen LogP contribution in [0.2, 0.25) is 0 Å². The van der Waals surface area contributed by atoms with Gasteiger partial charge in [-0.3, -0.25) is 0 Å². The van der Waals surface area contributed by atoms with E-state index in [1.165, 1.54) is 0 Å². The summed E-state index contributed by atoms with van der Waals surface area (Å²) < 4.78 is 11.7. The summed E-state index contributed by atoms with van der Waals surface area (Å²) in [6.45, 7) is 13.4.